The van der Waals surface area contributed by atoms with Crippen LogP contribution < -0.4 is 10.1 Å². The van der Waals surface area contributed by atoms with Gasteiger partial charge >= 0.3 is 0 Å². The van der Waals surface area contributed by atoms with E-state index in [1.807, 2.05) is 11.8 Å². The van der Waals surface area contributed by atoms with Gasteiger partial charge in [-0.2, -0.15) is 0 Å². The molecule has 2 heterocycles. The molecule has 188 valence electrons. The van der Waals surface area contributed by atoms with Crippen LogP contribution in [0.3, 0.4) is 0 Å². The maximum absolute atomic E-state index is 13.5. The average Bonchev–Trinajstić information content (AvgIpc) is 2.88. The first-order chi connectivity index (χ1) is 17.0. The molecule has 2 aliphatic heterocycles. The molecule has 0 bridgehead atoms. The van der Waals surface area contributed by atoms with Gasteiger partial charge in [-0.15, -0.1) is 0 Å². The number of piperidine rings is 2. The molecular formula is C28H35ClFN3O2. The number of benzene rings is 2. The minimum absolute atomic E-state index is 0.0163. The number of hydrogen-bond acceptors (Lipinski definition) is 4. The standard InChI is InChI=1S/C28H35ClFN3O2/c1-2-33(28(34)22-7-10-27(30)26(29)20-22)23-13-18-32(19-14-23)17-3-4-21-5-8-24(9-6-21)35-25-11-15-31-16-12-25/h3-10,20,23,25,31H,2,11-19H2,1H3/b4-3+. The van der Waals surface area contributed by atoms with Gasteiger partial charge < -0.3 is 15.0 Å². The van der Waals surface area contributed by atoms with Crippen molar-refractivity contribution >= 4 is 23.6 Å². The number of hydrogen-bond donors (Lipinski definition) is 1. The molecule has 0 aliphatic carbocycles. The summed E-state index contributed by atoms with van der Waals surface area (Å²) in [6.07, 6.45) is 8.63. The molecule has 0 spiro atoms. The summed E-state index contributed by atoms with van der Waals surface area (Å²) >= 11 is 5.88. The van der Waals surface area contributed by atoms with Gasteiger partial charge in [-0.25, -0.2) is 4.39 Å². The Morgan fingerprint density at radius 1 is 1.14 bits per heavy atom. The highest BCUT2D eigenvalue weighted by Gasteiger charge is 2.27. The fraction of sp³-hybridized carbons (Fsp3) is 0.464. The normalized spacial score (nSPS) is 18.1. The van der Waals surface area contributed by atoms with E-state index in [4.69, 9.17) is 16.3 Å². The number of amides is 1. The summed E-state index contributed by atoms with van der Waals surface area (Å²) in [5, 5.41) is 3.34. The van der Waals surface area contributed by atoms with Crippen LogP contribution in [0.2, 0.25) is 5.02 Å². The molecule has 2 aromatic rings. The largest absolute Gasteiger partial charge is 0.490 e. The third kappa shape index (κ3) is 7.06. The average molecular weight is 500 g/mol. The number of nitrogens with one attached hydrogen (secondary N) is 1. The molecule has 0 atom stereocenters. The lowest BCUT2D eigenvalue weighted by Gasteiger charge is -2.38. The van der Waals surface area contributed by atoms with Crippen molar-refractivity contribution in [3.63, 3.8) is 0 Å². The summed E-state index contributed by atoms with van der Waals surface area (Å²) in [6, 6.07) is 12.7. The predicted octanol–water partition coefficient (Wildman–Crippen LogP) is 5.25. The maximum atomic E-state index is 13.5. The zero-order valence-electron chi connectivity index (χ0n) is 20.4. The lowest BCUT2D eigenvalue weighted by molar-refractivity contribution is 0.0597. The van der Waals surface area contributed by atoms with Crippen LogP contribution in [0.5, 0.6) is 5.75 Å². The number of likely N-dealkylation sites (tertiary alicyclic amines) is 1. The Morgan fingerprint density at radius 2 is 1.86 bits per heavy atom. The molecule has 2 aromatic carbocycles. The Labute approximate surface area is 212 Å². The highest BCUT2D eigenvalue weighted by Crippen LogP contribution is 2.22. The van der Waals surface area contributed by atoms with Crippen LogP contribution in [0.25, 0.3) is 6.08 Å². The molecule has 35 heavy (non-hydrogen) atoms. The first-order valence-electron chi connectivity index (χ1n) is 12.7. The fourth-order valence-electron chi connectivity index (χ4n) is 4.88. The van der Waals surface area contributed by atoms with Gasteiger partial charge in [-0.3, -0.25) is 9.69 Å². The van der Waals surface area contributed by atoms with Crippen molar-refractivity contribution in [3.05, 3.63) is 70.5 Å². The molecule has 4 rings (SSSR count). The molecule has 0 aromatic heterocycles. The third-order valence-electron chi connectivity index (χ3n) is 6.91. The number of halogens is 2. The summed E-state index contributed by atoms with van der Waals surface area (Å²) < 4.78 is 19.6. The number of carbonyl (C=O) groups is 1. The quantitative estimate of drug-likeness (QED) is 0.539. The van der Waals surface area contributed by atoms with E-state index < -0.39 is 5.82 Å². The van der Waals surface area contributed by atoms with Gasteiger partial charge in [-0.1, -0.05) is 35.9 Å². The summed E-state index contributed by atoms with van der Waals surface area (Å²) in [5.74, 6) is 0.350. The second kappa shape index (κ2) is 12.5. The SMILES string of the molecule is CCN(C(=O)c1ccc(F)c(Cl)c1)C1CCN(C/C=C/c2ccc(OC3CCNCC3)cc2)CC1. The zero-order chi connectivity index (χ0) is 24.6. The van der Waals surface area contributed by atoms with Crippen LogP contribution in [0.1, 0.15) is 48.5 Å². The molecule has 1 N–H and O–H groups in total. The molecule has 0 unspecified atom stereocenters. The number of carbonyl (C=O) groups excluding carboxylic acids is 1. The highest BCUT2D eigenvalue weighted by atomic mass is 35.5. The summed E-state index contributed by atoms with van der Waals surface area (Å²) in [4.78, 5) is 17.3. The van der Waals surface area contributed by atoms with E-state index in [-0.39, 0.29) is 17.0 Å². The van der Waals surface area contributed by atoms with E-state index in [2.05, 4.69) is 46.6 Å². The fourth-order valence-corrected chi connectivity index (χ4v) is 5.06. The van der Waals surface area contributed by atoms with Crippen LogP contribution >= 0.6 is 11.6 Å². The first-order valence-corrected chi connectivity index (χ1v) is 13.0. The molecule has 5 nitrogen and oxygen atoms in total. The Bertz CT molecular complexity index is 1000. The van der Waals surface area contributed by atoms with Gasteiger partial charge in [0, 0.05) is 37.8 Å². The van der Waals surface area contributed by atoms with E-state index in [1.54, 1.807) is 0 Å². The molecule has 1 amide bonds. The van der Waals surface area contributed by atoms with Gasteiger partial charge in [0.05, 0.1) is 5.02 Å². The number of nitrogens with zero attached hydrogens (tertiary/aromatic N) is 2. The van der Waals surface area contributed by atoms with Gasteiger partial charge in [0.2, 0.25) is 0 Å². The Morgan fingerprint density at radius 3 is 2.51 bits per heavy atom. The lowest BCUT2D eigenvalue weighted by Crippen LogP contribution is -2.47. The van der Waals surface area contributed by atoms with E-state index >= 15 is 0 Å². The second-order valence-electron chi connectivity index (χ2n) is 9.29. The van der Waals surface area contributed by atoms with Crippen molar-refractivity contribution in [3.8, 4) is 5.75 Å². The second-order valence-corrected chi connectivity index (χ2v) is 9.70. The van der Waals surface area contributed by atoms with Crippen LogP contribution in [0.15, 0.2) is 48.5 Å². The van der Waals surface area contributed by atoms with E-state index in [9.17, 15) is 9.18 Å². The predicted molar refractivity (Wildman–Crippen MR) is 140 cm³/mol. The van der Waals surface area contributed by atoms with Crippen LogP contribution in [-0.4, -0.2) is 67.1 Å². The Balaban J connectivity index is 1.23. The Hall–Kier alpha value is -2.41. The van der Waals surface area contributed by atoms with Crippen molar-refractivity contribution in [2.75, 3.05) is 39.3 Å². The molecule has 7 heteroatoms. The number of ether oxygens (including phenoxy) is 1. The monoisotopic (exact) mass is 499 g/mol. The van der Waals surface area contributed by atoms with Gasteiger partial charge in [0.15, 0.2) is 0 Å². The smallest absolute Gasteiger partial charge is 0.254 e. The van der Waals surface area contributed by atoms with Crippen molar-refractivity contribution < 1.29 is 13.9 Å². The summed E-state index contributed by atoms with van der Waals surface area (Å²) in [7, 11) is 0. The maximum Gasteiger partial charge on any atom is 0.254 e. The van der Waals surface area contributed by atoms with Gasteiger partial charge in [0.1, 0.15) is 17.7 Å². The molecule has 0 radical (unpaired) electrons. The van der Waals surface area contributed by atoms with Crippen LogP contribution in [0.4, 0.5) is 4.39 Å². The minimum atomic E-state index is -0.505. The van der Waals surface area contributed by atoms with Crippen LogP contribution in [-0.2, 0) is 0 Å². The van der Waals surface area contributed by atoms with Crippen molar-refractivity contribution in [1.29, 1.82) is 0 Å². The summed E-state index contributed by atoms with van der Waals surface area (Å²) in [5.41, 5.74) is 1.61. The summed E-state index contributed by atoms with van der Waals surface area (Å²) in [6.45, 7) is 7.42. The van der Waals surface area contributed by atoms with E-state index in [1.165, 1.54) is 23.8 Å². The topological polar surface area (TPSA) is 44.8 Å². The van der Waals surface area contributed by atoms with Crippen molar-refractivity contribution in [1.82, 2.24) is 15.1 Å². The van der Waals surface area contributed by atoms with E-state index in [0.29, 0.717) is 18.2 Å². The minimum Gasteiger partial charge on any atom is -0.490 e. The molecule has 0 saturated carbocycles. The zero-order valence-corrected chi connectivity index (χ0v) is 21.1. The lowest BCUT2D eigenvalue weighted by atomic mass is 10.0. The van der Waals surface area contributed by atoms with Gasteiger partial charge in [-0.05, 0) is 81.6 Å². The molecular weight excluding hydrogens is 465 g/mol. The third-order valence-corrected chi connectivity index (χ3v) is 7.20. The first kappa shape index (κ1) is 25.7. The van der Waals surface area contributed by atoms with Gasteiger partial charge in [0.25, 0.3) is 5.91 Å². The Kier molecular flexibility index (Phi) is 9.18. The molecule has 2 saturated heterocycles. The van der Waals surface area contributed by atoms with E-state index in [0.717, 1.165) is 64.2 Å². The highest BCUT2D eigenvalue weighted by molar-refractivity contribution is 6.31. The van der Waals surface area contributed by atoms with Crippen LogP contribution in [0, 0.1) is 5.82 Å². The number of rotatable bonds is 8. The van der Waals surface area contributed by atoms with Crippen molar-refractivity contribution in [2.24, 2.45) is 0 Å². The van der Waals surface area contributed by atoms with Crippen molar-refractivity contribution in [2.45, 2.75) is 44.8 Å². The molecule has 2 aliphatic rings. The molecule has 2 fully saturated rings.